The lowest BCUT2D eigenvalue weighted by Crippen LogP contribution is -2.29. The van der Waals surface area contributed by atoms with Gasteiger partial charge in [0.05, 0.1) is 41.0 Å². The number of nitrogens with one attached hydrogen (secondary N) is 1. The van der Waals surface area contributed by atoms with Gasteiger partial charge in [-0.25, -0.2) is 4.79 Å². The Kier molecular flexibility index (Phi) is 8.21. The Morgan fingerprint density at radius 2 is 1.81 bits per heavy atom. The number of aromatic nitrogens is 1. The lowest BCUT2D eigenvalue weighted by molar-refractivity contribution is -0.138. The zero-order chi connectivity index (χ0) is 30.5. The van der Waals surface area contributed by atoms with Crippen LogP contribution in [0.25, 0.3) is 11.3 Å². The number of halogens is 5. The largest absolute Gasteiger partial charge is 0.465 e. The summed E-state index contributed by atoms with van der Waals surface area (Å²) in [6, 6.07) is 8.34. The van der Waals surface area contributed by atoms with Crippen molar-refractivity contribution in [3.63, 3.8) is 0 Å². The number of hydrogen-bond donors (Lipinski definition) is 1. The van der Waals surface area contributed by atoms with Crippen LogP contribution in [0.4, 0.5) is 18.9 Å². The van der Waals surface area contributed by atoms with Crippen molar-refractivity contribution in [2.24, 2.45) is 17.8 Å². The highest BCUT2D eigenvalue weighted by molar-refractivity contribution is 6.39. The highest BCUT2D eigenvalue weighted by Crippen LogP contribution is 2.49. The van der Waals surface area contributed by atoms with Crippen molar-refractivity contribution in [1.82, 2.24) is 5.16 Å². The van der Waals surface area contributed by atoms with Crippen LogP contribution in [-0.4, -0.2) is 30.2 Å². The van der Waals surface area contributed by atoms with Crippen molar-refractivity contribution >= 4 is 40.8 Å². The van der Waals surface area contributed by atoms with Gasteiger partial charge in [-0.3, -0.25) is 4.79 Å². The molecule has 3 fully saturated rings. The van der Waals surface area contributed by atoms with Crippen LogP contribution in [-0.2, 0) is 27.1 Å². The van der Waals surface area contributed by atoms with E-state index in [1.54, 1.807) is 18.2 Å². The molecule has 1 N–H and O–H groups in total. The van der Waals surface area contributed by atoms with Crippen LogP contribution in [0.2, 0.25) is 10.0 Å². The van der Waals surface area contributed by atoms with Crippen molar-refractivity contribution in [3.05, 3.63) is 68.9 Å². The average molecular weight is 637 g/mol. The molecule has 4 atom stereocenters. The maximum Gasteiger partial charge on any atom is 0.417 e. The Balaban J connectivity index is 1.14. The molecule has 4 unspecified atom stereocenters. The molecule has 0 radical (unpaired) electrons. The highest BCUT2D eigenvalue weighted by Gasteiger charge is 2.45. The van der Waals surface area contributed by atoms with Crippen molar-refractivity contribution in [2.75, 3.05) is 12.4 Å². The highest BCUT2D eigenvalue weighted by atomic mass is 35.5. The van der Waals surface area contributed by atoms with E-state index in [-0.39, 0.29) is 48.0 Å². The van der Waals surface area contributed by atoms with Gasteiger partial charge in [-0.2, -0.15) is 13.2 Å². The van der Waals surface area contributed by atoms with Gasteiger partial charge in [0, 0.05) is 28.7 Å². The molecule has 43 heavy (non-hydrogen) atoms. The minimum Gasteiger partial charge on any atom is -0.465 e. The Morgan fingerprint density at radius 3 is 2.49 bits per heavy atom. The first-order valence-electron chi connectivity index (χ1n) is 14.2. The molecule has 3 aliphatic rings. The molecule has 1 aromatic heterocycles. The van der Waals surface area contributed by atoms with E-state index in [0.717, 1.165) is 56.2 Å². The Morgan fingerprint density at radius 1 is 1.07 bits per heavy atom. The van der Waals surface area contributed by atoms with E-state index < -0.39 is 23.3 Å². The predicted molar refractivity (Wildman–Crippen MR) is 153 cm³/mol. The third-order valence-corrected chi connectivity index (χ3v) is 9.35. The standard InChI is InChI=1S/C31H29Cl2F3N2O5/c1-41-30(40)20-8-7-18(13-23(20)31(34,35)36)37-29(39)21-11-15-9-17(21)12-19(10-15)42-14-22-27(38-43-28(22)16-5-6-16)26-24(32)3-2-4-25(26)33/h2-4,7-8,13,15-17,19,21H,5-6,9-12,14H2,1H3,(H,37,39). The van der Waals surface area contributed by atoms with Crippen LogP contribution in [0.3, 0.4) is 0 Å². The Hall–Kier alpha value is -3.08. The molecule has 3 saturated carbocycles. The average Bonchev–Trinajstić information content (AvgIpc) is 3.66. The maximum absolute atomic E-state index is 13.6. The lowest BCUT2D eigenvalue weighted by atomic mass is 9.85. The molecule has 0 spiro atoms. The van der Waals surface area contributed by atoms with Crippen LogP contribution < -0.4 is 5.32 Å². The van der Waals surface area contributed by atoms with Crippen molar-refractivity contribution in [2.45, 2.75) is 63.3 Å². The van der Waals surface area contributed by atoms with Crippen molar-refractivity contribution < 1.29 is 36.8 Å². The summed E-state index contributed by atoms with van der Waals surface area (Å²) in [5, 5.41) is 7.90. The van der Waals surface area contributed by atoms with Crippen LogP contribution in [0.5, 0.6) is 0 Å². The number of fused-ring (bicyclic) bond motifs is 2. The molecule has 2 bridgehead atoms. The number of benzene rings is 2. The molecule has 1 heterocycles. The molecule has 1 amide bonds. The first-order valence-corrected chi connectivity index (χ1v) is 14.9. The van der Waals surface area contributed by atoms with Gasteiger partial charge in [-0.15, -0.1) is 0 Å². The van der Waals surface area contributed by atoms with Gasteiger partial charge < -0.3 is 19.3 Å². The Bertz CT molecular complexity index is 1530. The number of amides is 1. The first kappa shape index (κ1) is 30.0. The molecule has 2 aromatic carbocycles. The second kappa shape index (κ2) is 11.8. The van der Waals surface area contributed by atoms with Crippen LogP contribution in [0, 0.1) is 17.8 Å². The molecule has 0 saturated heterocycles. The SMILES string of the molecule is COC(=O)c1ccc(NC(=O)C2CC3CC(OCc4c(-c5c(Cl)cccc5Cl)noc4C4CC4)CC2C3)cc1C(F)(F)F. The van der Waals surface area contributed by atoms with Gasteiger partial charge in [0.25, 0.3) is 0 Å². The number of methoxy groups -OCH3 is 1. The minimum atomic E-state index is -4.79. The summed E-state index contributed by atoms with van der Waals surface area (Å²) in [7, 11) is 1.01. The van der Waals surface area contributed by atoms with E-state index in [4.69, 9.17) is 32.5 Å². The van der Waals surface area contributed by atoms with E-state index in [2.05, 4.69) is 15.2 Å². The number of ether oxygens (including phenoxy) is 2. The topological polar surface area (TPSA) is 90.7 Å². The lowest BCUT2D eigenvalue weighted by Gasteiger charge is -2.29. The van der Waals surface area contributed by atoms with Gasteiger partial charge in [-0.1, -0.05) is 34.4 Å². The molecule has 3 aliphatic carbocycles. The third-order valence-electron chi connectivity index (χ3n) is 8.72. The summed E-state index contributed by atoms with van der Waals surface area (Å²) in [5.74, 6) is -0.424. The number of alkyl halides is 3. The summed E-state index contributed by atoms with van der Waals surface area (Å²) in [5.41, 5.74) is 0.222. The number of nitrogens with zero attached hydrogens (tertiary/aromatic N) is 1. The van der Waals surface area contributed by atoms with E-state index in [1.807, 2.05) is 0 Å². The molecule has 3 aromatic rings. The fraction of sp³-hybridized carbons (Fsp3) is 0.452. The summed E-state index contributed by atoms with van der Waals surface area (Å²) in [6.45, 7) is 0.264. The van der Waals surface area contributed by atoms with Crippen molar-refractivity contribution in [1.29, 1.82) is 0 Å². The fourth-order valence-electron chi connectivity index (χ4n) is 6.58. The van der Waals surface area contributed by atoms with Crippen LogP contribution >= 0.6 is 23.2 Å². The van der Waals surface area contributed by atoms with Gasteiger partial charge in [0.15, 0.2) is 0 Å². The second-order valence-corrected chi connectivity index (χ2v) is 12.4. The minimum absolute atomic E-state index is 0.0231. The Labute approximate surface area is 256 Å². The molecular weight excluding hydrogens is 608 g/mol. The second-order valence-electron chi connectivity index (χ2n) is 11.6. The summed E-state index contributed by atoms with van der Waals surface area (Å²) in [6.07, 6.45) is 0.0386. The molecule has 7 nitrogen and oxygen atoms in total. The molecular formula is C31H29Cl2F3N2O5. The summed E-state index contributed by atoms with van der Waals surface area (Å²) in [4.78, 5) is 25.1. The quantitative estimate of drug-likeness (QED) is 0.250. The van der Waals surface area contributed by atoms with Gasteiger partial charge >= 0.3 is 12.1 Å². The monoisotopic (exact) mass is 636 g/mol. The maximum atomic E-state index is 13.6. The normalized spacial score (nSPS) is 23.3. The number of carbonyl (C=O) groups is 2. The number of esters is 1. The fourth-order valence-corrected chi connectivity index (χ4v) is 7.16. The van der Waals surface area contributed by atoms with Crippen molar-refractivity contribution in [3.8, 4) is 11.3 Å². The first-order chi connectivity index (χ1) is 20.5. The van der Waals surface area contributed by atoms with Crippen LogP contribution in [0.1, 0.15) is 71.7 Å². The zero-order valence-electron chi connectivity index (χ0n) is 23.2. The van der Waals surface area contributed by atoms with Gasteiger partial charge in [-0.05, 0) is 80.7 Å². The smallest absolute Gasteiger partial charge is 0.417 e. The van der Waals surface area contributed by atoms with Crippen LogP contribution in [0.15, 0.2) is 40.9 Å². The molecule has 0 aliphatic heterocycles. The van der Waals surface area contributed by atoms with E-state index in [0.29, 0.717) is 34.1 Å². The van der Waals surface area contributed by atoms with E-state index >= 15 is 0 Å². The zero-order valence-corrected chi connectivity index (χ0v) is 24.7. The number of carbonyl (C=O) groups excluding carboxylic acids is 2. The van der Waals surface area contributed by atoms with E-state index in [1.165, 1.54) is 6.07 Å². The van der Waals surface area contributed by atoms with E-state index in [9.17, 15) is 22.8 Å². The third kappa shape index (κ3) is 6.14. The van der Waals surface area contributed by atoms with Gasteiger partial charge in [0.2, 0.25) is 5.91 Å². The number of hydrogen-bond acceptors (Lipinski definition) is 6. The summed E-state index contributed by atoms with van der Waals surface area (Å²) >= 11 is 13.0. The molecule has 6 rings (SSSR count). The molecule has 228 valence electrons. The molecule has 12 heteroatoms. The number of anilines is 1. The summed E-state index contributed by atoms with van der Waals surface area (Å²) < 4.78 is 57.5. The number of rotatable bonds is 8. The van der Waals surface area contributed by atoms with Gasteiger partial charge in [0.1, 0.15) is 11.5 Å². The predicted octanol–water partition coefficient (Wildman–Crippen LogP) is 8.29.